The first-order chi connectivity index (χ1) is 9.79. The van der Waals surface area contributed by atoms with Crippen molar-refractivity contribution in [2.75, 3.05) is 5.32 Å². The second-order valence-corrected chi connectivity index (χ2v) is 5.62. The molecule has 0 aliphatic carbocycles. The smallest absolute Gasteiger partial charge is 0.261 e. The summed E-state index contributed by atoms with van der Waals surface area (Å²) in [5, 5.41) is 7.04. The topological polar surface area (TPSA) is 122 Å². The van der Waals surface area contributed by atoms with Crippen molar-refractivity contribution in [3.8, 4) is 0 Å². The van der Waals surface area contributed by atoms with Crippen molar-refractivity contribution >= 4 is 21.6 Å². The third-order valence-corrected chi connectivity index (χ3v) is 3.49. The average molecular weight is 311 g/mol. The maximum atomic E-state index is 13.7. The lowest BCUT2D eigenvalue weighted by atomic mass is 10.2. The standard InChI is InChI=1S/C12H10FN3O4S/c13-9-6-7(21(14,19)20)3-4-10(9)16-12(18)8-2-1-5-15-11(8)17/h1-6H,(H,15,17)(H,16,18)(H2,14,19,20). The van der Waals surface area contributed by atoms with E-state index in [-0.39, 0.29) is 11.3 Å². The quantitative estimate of drug-likeness (QED) is 0.760. The number of rotatable bonds is 3. The van der Waals surface area contributed by atoms with Crippen LogP contribution in [0, 0.1) is 5.82 Å². The summed E-state index contributed by atoms with van der Waals surface area (Å²) in [5.41, 5.74) is -1.10. The number of sulfonamides is 1. The number of anilines is 1. The summed E-state index contributed by atoms with van der Waals surface area (Å²) < 4.78 is 35.9. The van der Waals surface area contributed by atoms with Gasteiger partial charge in [0.25, 0.3) is 11.5 Å². The van der Waals surface area contributed by atoms with Gasteiger partial charge in [-0.2, -0.15) is 0 Å². The zero-order valence-corrected chi connectivity index (χ0v) is 11.3. The molecule has 0 aliphatic rings. The van der Waals surface area contributed by atoms with Gasteiger partial charge in [0, 0.05) is 6.20 Å². The summed E-state index contributed by atoms with van der Waals surface area (Å²) in [6.07, 6.45) is 1.35. The molecule has 0 bridgehead atoms. The van der Waals surface area contributed by atoms with Crippen molar-refractivity contribution in [3.05, 3.63) is 58.3 Å². The number of nitrogens with two attached hydrogens (primary N) is 1. The van der Waals surface area contributed by atoms with Crippen LogP contribution in [0.3, 0.4) is 0 Å². The predicted molar refractivity (Wildman–Crippen MR) is 72.8 cm³/mol. The van der Waals surface area contributed by atoms with E-state index in [0.717, 1.165) is 12.1 Å². The minimum absolute atomic E-state index is 0.201. The fourth-order valence-corrected chi connectivity index (χ4v) is 2.09. The van der Waals surface area contributed by atoms with Crippen LogP contribution in [0.1, 0.15) is 10.4 Å². The van der Waals surface area contributed by atoms with Crippen molar-refractivity contribution in [1.82, 2.24) is 4.98 Å². The summed E-state index contributed by atoms with van der Waals surface area (Å²) in [5.74, 6) is -1.80. The number of hydrogen-bond donors (Lipinski definition) is 3. The first-order valence-electron chi connectivity index (χ1n) is 5.60. The molecular formula is C12H10FN3O4S. The van der Waals surface area contributed by atoms with Crippen molar-refractivity contribution in [2.45, 2.75) is 4.90 Å². The number of benzene rings is 1. The molecule has 0 aliphatic heterocycles. The molecular weight excluding hydrogens is 301 g/mol. The van der Waals surface area contributed by atoms with Gasteiger partial charge in [-0.05, 0) is 30.3 Å². The summed E-state index contributed by atoms with van der Waals surface area (Å²) in [6.45, 7) is 0. The normalized spacial score (nSPS) is 11.1. The summed E-state index contributed by atoms with van der Waals surface area (Å²) in [6, 6.07) is 5.48. The van der Waals surface area contributed by atoms with Crippen LogP contribution in [-0.2, 0) is 10.0 Å². The molecule has 4 N–H and O–H groups in total. The Labute approximate surface area is 118 Å². The molecule has 2 rings (SSSR count). The number of carbonyl (C=O) groups excluding carboxylic acids is 1. The predicted octanol–water partition coefficient (Wildman–Crippen LogP) is 0.414. The van der Waals surface area contributed by atoms with Crippen LogP contribution in [0.25, 0.3) is 0 Å². The van der Waals surface area contributed by atoms with Crippen LogP contribution >= 0.6 is 0 Å². The van der Waals surface area contributed by atoms with Gasteiger partial charge in [0.1, 0.15) is 11.4 Å². The van der Waals surface area contributed by atoms with Crippen molar-refractivity contribution in [1.29, 1.82) is 0 Å². The number of H-pyrrole nitrogens is 1. The highest BCUT2D eigenvalue weighted by molar-refractivity contribution is 7.89. The number of amides is 1. The number of hydrogen-bond acceptors (Lipinski definition) is 4. The summed E-state index contributed by atoms with van der Waals surface area (Å²) in [7, 11) is -4.04. The van der Waals surface area contributed by atoms with Gasteiger partial charge in [0.2, 0.25) is 10.0 Å². The Hall–Kier alpha value is -2.52. The number of carbonyl (C=O) groups is 1. The molecule has 0 atom stereocenters. The molecule has 1 heterocycles. The largest absolute Gasteiger partial charge is 0.328 e. The number of aromatic nitrogens is 1. The molecule has 0 saturated heterocycles. The zero-order valence-electron chi connectivity index (χ0n) is 10.5. The Morgan fingerprint density at radius 2 is 2.00 bits per heavy atom. The number of primary sulfonamides is 1. The first kappa shape index (κ1) is 14.9. The second kappa shape index (κ2) is 5.46. The molecule has 2 aromatic rings. The molecule has 0 radical (unpaired) electrons. The van der Waals surface area contributed by atoms with Crippen molar-refractivity contribution in [3.63, 3.8) is 0 Å². The molecule has 0 spiro atoms. The van der Waals surface area contributed by atoms with Crippen LogP contribution in [0.5, 0.6) is 0 Å². The fraction of sp³-hybridized carbons (Fsp3) is 0. The lowest BCUT2D eigenvalue weighted by Crippen LogP contribution is -2.23. The van der Waals surface area contributed by atoms with Crippen molar-refractivity contribution < 1.29 is 17.6 Å². The zero-order chi connectivity index (χ0) is 15.6. The highest BCUT2D eigenvalue weighted by atomic mass is 32.2. The van der Waals surface area contributed by atoms with E-state index in [9.17, 15) is 22.4 Å². The SMILES string of the molecule is NS(=O)(=O)c1ccc(NC(=O)c2ccc[nH]c2=O)c(F)c1. The lowest BCUT2D eigenvalue weighted by molar-refractivity contribution is 0.102. The van der Waals surface area contributed by atoms with Crippen molar-refractivity contribution in [2.24, 2.45) is 5.14 Å². The van der Waals surface area contributed by atoms with Crippen LogP contribution in [0.2, 0.25) is 0 Å². The Morgan fingerprint density at radius 3 is 2.57 bits per heavy atom. The van der Waals surface area contributed by atoms with Gasteiger partial charge in [-0.15, -0.1) is 0 Å². The molecule has 1 aromatic heterocycles. The molecule has 110 valence electrons. The second-order valence-electron chi connectivity index (χ2n) is 4.05. The van der Waals surface area contributed by atoms with E-state index in [1.165, 1.54) is 18.3 Å². The highest BCUT2D eigenvalue weighted by Crippen LogP contribution is 2.18. The van der Waals surface area contributed by atoms with Crippen LogP contribution in [0.15, 0.2) is 46.2 Å². The van der Waals surface area contributed by atoms with Gasteiger partial charge < -0.3 is 10.3 Å². The third kappa shape index (κ3) is 3.33. The Kier molecular flexibility index (Phi) is 3.87. The fourth-order valence-electron chi connectivity index (χ4n) is 1.56. The minimum atomic E-state index is -4.04. The number of halogens is 1. The van der Waals surface area contributed by atoms with Gasteiger partial charge in [-0.1, -0.05) is 0 Å². The van der Waals surface area contributed by atoms with E-state index in [0.29, 0.717) is 6.07 Å². The molecule has 0 fully saturated rings. The Morgan fingerprint density at radius 1 is 1.29 bits per heavy atom. The lowest BCUT2D eigenvalue weighted by Gasteiger charge is -2.07. The van der Waals surface area contributed by atoms with E-state index in [4.69, 9.17) is 5.14 Å². The third-order valence-electron chi connectivity index (χ3n) is 2.58. The van der Waals surface area contributed by atoms with E-state index < -0.39 is 32.2 Å². The van der Waals surface area contributed by atoms with Gasteiger partial charge in [0.15, 0.2) is 0 Å². The van der Waals surface area contributed by atoms with Gasteiger partial charge in [0.05, 0.1) is 10.6 Å². The maximum Gasteiger partial charge on any atom is 0.261 e. The average Bonchev–Trinajstić information content (AvgIpc) is 2.40. The number of aromatic amines is 1. The summed E-state index contributed by atoms with van der Waals surface area (Å²) in [4.78, 5) is 25.1. The monoisotopic (exact) mass is 311 g/mol. The molecule has 1 amide bonds. The minimum Gasteiger partial charge on any atom is -0.328 e. The Balaban J connectivity index is 2.31. The van der Waals surface area contributed by atoms with Crippen LogP contribution in [0.4, 0.5) is 10.1 Å². The highest BCUT2D eigenvalue weighted by Gasteiger charge is 2.15. The van der Waals surface area contributed by atoms with E-state index in [1.807, 2.05) is 0 Å². The molecule has 0 saturated carbocycles. The summed E-state index contributed by atoms with van der Waals surface area (Å²) >= 11 is 0. The Bertz CT molecular complexity index is 861. The molecule has 9 heteroatoms. The van der Waals surface area contributed by atoms with Crippen LogP contribution in [-0.4, -0.2) is 19.3 Å². The van der Waals surface area contributed by atoms with Gasteiger partial charge >= 0.3 is 0 Å². The molecule has 21 heavy (non-hydrogen) atoms. The van der Waals surface area contributed by atoms with Gasteiger partial charge in [-0.3, -0.25) is 9.59 Å². The molecule has 0 unspecified atom stereocenters. The molecule has 7 nitrogen and oxygen atoms in total. The number of pyridine rings is 1. The van der Waals surface area contributed by atoms with Crippen LogP contribution < -0.4 is 16.0 Å². The van der Waals surface area contributed by atoms with Gasteiger partial charge in [-0.25, -0.2) is 17.9 Å². The number of nitrogens with one attached hydrogen (secondary N) is 2. The molecule has 1 aromatic carbocycles. The maximum absolute atomic E-state index is 13.7. The van der Waals surface area contributed by atoms with E-state index >= 15 is 0 Å². The first-order valence-corrected chi connectivity index (χ1v) is 7.15. The van der Waals surface area contributed by atoms with E-state index in [2.05, 4.69) is 10.3 Å². The van der Waals surface area contributed by atoms with E-state index in [1.54, 1.807) is 0 Å².